The van der Waals surface area contributed by atoms with Gasteiger partial charge in [0.15, 0.2) is 0 Å². The lowest BCUT2D eigenvalue weighted by atomic mass is 9.59. The van der Waals surface area contributed by atoms with Gasteiger partial charge in [0.05, 0.1) is 0 Å². The van der Waals surface area contributed by atoms with E-state index in [0.717, 1.165) is 29.6 Å². The Kier molecular flexibility index (Phi) is 18.4. The molecule has 0 nitrogen and oxygen atoms in total. The van der Waals surface area contributed by atoms with Gasteiger partial charge in [-0.25, -0.2) is 0 Å². The molecule has 0 amide bonds. The second kappa shape index (κ2) is 18.4. The second-order valence-electron chi connectivity index (χ2n) is 15.6. The molecule has 0 rings (SSSR count). The van der Waals surface area contributed by atoms with Crippen molar-refractivity contribution < 1.29 is 0 Å². The van der Waals surface area contributed by atoms with E-state index < -0.39 is 0 Å². The first-order chi connectivity index (χ1) is 17.2. The molecule has 224 valence electrons. The summed E-state index contributed by atoms with van der Waals surface area (Å²) in [6.45, 7) is 32.2. The third kappa shape index (κ3) is 14.3. The van der Waals surface area contributed by atoms with Gasteiger partial charge in [-0.15, -0.1) is 0 Å². The molecule has 0 saturated heterocycles. The Bertz CT molecular complexity index is 537. The summed E-state index contributed by atoms with van der Waals surface area (Å²) in [5, 5.41) is 0. The predicted molar refractivity (Wildman–Crippen MR) is 172 cm³/mol. The van der Waals surface area contributed by atoms with E-state index in [9.17, 15) is 0 Å². The smallest absolute Gasteiger partial charge is 0.0269 e. The molecule has 0 bridgehead atoms. The minimum atomic E-state index is 0.455. The maximum atomic E-state index is 2.61. The molecular formula is C37H76. The summed E-state index contributed by atoms with van der Waals surface area (Å²) in [5.41, 5.74) is 1.43. The molecule has 0 fully saturated rings. The fraction of sp³-hybridized carbons (Fsp3) is 1.00. The molecule has 0 spiro atoms. The minimum Gasteiger partial charge on any atom is -0.0654 e. The topological polar surface area (TPSA) is 0 Å². The highest BCUT2D eigenvalue weighted by Gasteiger charge is 2.40. The fourth-order valence-electron chi connectivity index (χ4n) is 7.19. The SMILES string of the molecule is CCCCCCC(CC(CC)C(CC)(CCC(C)C(C)(C)CC)CC(C)CCC)C(C)CCC(C)(C)C. The van der Waals surface area contributed by atoms with Crippen molar-refractivity contribution >= 4 is 0 Å². The van der Waals surface area contributed by atoms with Crippen molar-refractivity contribution in [3.05, 3.63) is 0 Å². The third-order valence-electron chi connectivity index (χ3n) is 11.1. The van der Waals surface area contributed by atoms with Crippen molar-refractivity contribution in [1.29, 1.82) is 0 Å². The van der Waals surface area contributed by atoms with Gasteiger partial charge < -0.3 is 0 Å². The van der Waals surface area contributed by atoms with Gasteiger partial charge in [0, 0.05) is 0 Å². The zero-order valence-corrected chi connectivity index (χ0v) is 28.7. The average molecular weight is 521 g/mol. The highest BCUT2D eigenvalue weighted by atomic mass is 14.4. The lowest BCUT2D eigenvalue weighted by molar-refractivity contribution is 0.0465. The summed E-state index contributed by atoms with van der Waals surface area (Å²) < 4.78 is 0. The lowest BCUT2D eigenvalue weighted by Gasteiger charge is -2.46. The van der Waals surface area contributed by atoms with Crippen LogP contribution in [-0.2, 0) is 0 Å². The normalized spacial score (nSPS) is 18.7. The maximum absolute atomic E-state index is 2.61. The largest absolute Gasteiger partial charge is 0.0654 e. The van der Waals surface area contributed by atoms with E-state index in [-0.39, 0.29) is 0 Å². The van der Waals surface area contributed by atoms with Gasteiger partial charge >= 0.3 is 0 Å². The molecule has 0 saturated carbocycles. The van der Waals surface area contributed by atoms with Gasteiger partial charge in [0.1, 0.15) is 0 Å². The summed E-state index contributed by atoms with van der Waals surface area (Å²) in [5.74, 6) is 4.30. The first-order valence-corrected chi connectivity index (χ1v) is 17.2. The molecule has 0 radical (unpaired) electrons. The molecule has 0 aliphatic carbocycles. The number of hydrogen-bond acceptors (Lipinski definition) is 0. The van der Waals surface area contributed by atoms with Crippen LogP contribution < -0.4 is 0 Å². The van der Waals surface area contributed by atoms with E-state index in [4.69, 9.17) is 0 Å². The maximum Gasteiger partial charge on any atom is -0.0269 e. The van der Waals surface area contributed by atoms with Crippen LogP contribution in [0.5, 0.6) is 0 Å². The third-order valence-corrected chi connectivity index (χ3v) is 11.1. The Morgan fingerprint density at radius 3 is 1.76 bits per heavy atom. The molecule has 0 aromatic heterocycles. The fourth-order valence-corrected chi connectivity index (χ4v) is 7.19. The van der Waals surface area contributed by atoms with Crippen LogP contribution in [0.3, 0.4) is 0 Å². The van der Waals surface area contributed by atoms with Gasteiger partial charge in [-0.2, -0.15) is 0 Å². The van der Waals surface area contributed by atoms with Crippen molar-refractivity contribution in [1.82, 2.24) is 0 Å². The summed E-state index contributed by atoms with van der Waals surface area (Å²) in [4.78, 5) is 0. The van der Waals surface area contributed by atoms with Gasteiger partial charge in [0.2, 0.25) is 0 Å². The second-order valence-corrected chi connectivity index (χ2v) is 15.6. The Labute approximate surface area is 238 Å². The molecule has 6 unspecified atom stereocenters. The monoisotopic (exact) mass is 521 g/mol. The molecule has 6 atom stereocenters. The predicted octanol–water partition coefficient (Wildman–Crippen LogP) is 13.5. The lowest BCUT2D eigenvalue weighted by Crippen LogP contribution is -2.35. The van der Waals surface area contributed by atoms with E-state index in [1.807, 2.05) is 0 Å². The highest BCUT2D eigenvalue weighted by Crippen LogP contribution is 2.50. The zero-order valence-electron chi connectivity index (χ0n) is 28.7. The van der Waals surface area contributed by atoms with Crippen LogP contribution in [0, 0.1) is 45.8 Å². The Morgan fingerprint density at radius 2 is 1.27 bits per heavy atom. The molecule has 37 heavy (non-hydrogen) atoms. The Morgan fingerprint density at radius 1 is 0.622 bits per heavy atom. The summed E-state index contributed by atoms with van der Waals surface area (Å²) in [7, 11) is 0. The summed E-state index contributed by atoms with van der Waals surface area (Å²) >= 11 is 0. The van der Waals surface area contributed by atoms with Crippen LogP contribution >= 0.6 is 0 Å². The van der Waals surface area contributed by atoms with Gasteiger partial charge in [-0.1, -0.05) is 154 Å². The molecule has 0 aromatic rings. The van der Waals surface area contributed by atoms with E-state index in [0.29, 0.717) is 16.2 Å². The van der Waals surface area contributed by atoms with Crippen LogP contribution in [0.15, 0.2) is 0 Å². The first kappa shape index (κ1) is 37.0. The van der Waals surface area contributed by atoms with E-state index in [1.165, 1.54) is 103 Å². The minimum absolute atomic E-state index is 0.455. The van der Waals surface area contributed by atoms with Crippen LogP contribution in [0.4, 0.5) is 0 Å². The van der Waals surface area contributed by atoms with Crippen molar-refractivity contribution in [2.75, 3.05) is 0 Å². The molecule has 0 heterocycles. The van der Waals surface area contributed by atoms with E-state index >= 15 is 0 Å². The van der Waals surface area contributed by atoms with Crippen molar-refractivity contribution in [3.8, 4) is 0 Å². The molecule has 0 aromatic carbocycles. The summed E-state index contributed by atoms with van der Waals surface area (Å²) in [6, 6.07) is 0. The van der Waals surface area contributed by atoms with Crippen molar-refractivity contribution in [2.45, 2.75) is 193 Å². The molecule has 0 aliphatic heterocycles. The van der Waals surface area contributed by atoms with E-state index in [2.05, 4.69) is 90.0 Å². The van der Waals surface area contributed by atoms with Gasteiger partial charge in [-0.05, 0) is 84.4 Å². The van der Waals surface area contributed by atoms with Crippen LogP contribution in [0.2, 0.25) is 0 Å². The molecule has 0 aliphatic rings. The molecular weight excluding hydrogens is 444 g/mol. The van der Waals surface area contributed by atoms with Crippen molar-refractivity contribution in [2.24, 2.45) is 45.8 Å². The van der Waals surface area contributed by atoms with Crippen LogP contribution in [-0.4, -0.2) is 0 Å². The zero-order chi connectivity index (χ0) is 28.7. The standard InChI is InChI=1S/C37H76/c1-14-19-20-21-23-33(31(7)24-26-35(9,10)11)28-34(16-3)37(18-5,29-30(6)22-15-2)27-25-32(8)36(12,13)17-4/h30-34H,14-29H2,1-13H3. The van der Waals surface area contributed by atoms with Gasteiger partial charge in [-0.3, -0.25) is 0 Å². The Hall–Kier alpha value is 0. The number of unbranched alkanes of at least 4 members (excludes halogenated alkanes) is 3. The molecule has 0 heteroatoms. The number of rotatable bonds is 22. The van der Waals surface area contributed by atoms with Crippen LogP contribution in [0.1, 0.15) is 193 Å². The average Bonchev–Trinajstić information content (AvgIpc) is 2.84. The first-order valence-electron chi connectivity index (χ1n) is 17.2. The van der Waals surface area contributed by atoms with Gasteiger partial charge in [0.25, 0.3) is 0 Å². The Balaban J connectivity index is 5.97. The molecule has 0 N–H and O–H groups in total. The van der Waals surface area contributed by atoms with E-state index in [1.54, 1.807) is 0 Å². The summed E-state index contributed by atoms with van der Waals surface area (Å²) in [6.07, 6.45) is 22.4. The number of hydrogen-bond donors (Lipinski definition) is 0. The quantitative estimate of drug-likeness (QED) is 0.124. The highest BCUT2D eigenvalue weighted by molar-refractivity contribution is 4.90. The van der Waals surface area contributed by atoms with Crippen LogP contribution in [0.25, 0.3) is 0 Å². The van der Waals surface area contributed by atoms with Crippen molar-refractivity contribution in [3.63, 3.8) is 0 Å².